The normalized spacial score (nSPS) is 13.6. The number of halogens is 3. The number of hydrogen-bond acceptors (Lipinski definition) is 1. The summed E-state index contributed by atoms with van der Waals surface area (Å²) in [5.41, 5.74) is -0.530. The second kappa shape index (κ2) is 4.15. The van der Waals surface area contributed by atoms with Crippen LogP contribution in [0.15, 0.2) is 18.2 Å². The van der Waals surface area contributed by atoms with Gasteiger partial charge in [0.1, 0.15) is 0 Å². The second-order valence-corrected chi connectivity index (χ2v) is 3.63. The molecule has 0 aromatic heterocycles. The van der Waals surface area contributed by atoms with E-state index < -0.39 is 23.6 Å². The monoisotopic (exact) mass is 232 g/mol. The van der Waals surface area contributed by atoms with E-state index in [1.165, 1.54) is 26.0 Å². The lowest BCUT2D eigenvalue weighted by Gasteiger charge is -2.13. The molecule has 0 spiro atoms. The number of rotatable bonds is 2. The summed E-state index contributed by atoms with van der Waals surface area (Å²) in [4.78, 5) is 10.7. The Hall–Kier alpha value is -1.52. The number of hydrogen-bond donors (Lipinski definition) is 1. The zero-order chi connectivity index (χ0) is 12.5. The van der Waals surface area contributed by atoms with Gasteiger partial charge in [-0.2, -0.15) is 13.2 Å². The fraction of sp³-hybridized carbons (Fsp3) is 0.364. The highest BCUT2D eigenvalue weighted by atomic mass is 19.4. The van der Waals surface area contributed by atoms with E-state index >= 15 is 0 Å². The number of carboxylic acids is 1. The van der Waals surface area contributed by atoms with Crippen LogP contribution in [0, 0.1) is 6.92 Å². The molecule has 0 saturated heterocycles. The first-order valence-electron chi connectivity index (χ1n) is 4.64. The Morgan fingerprint density at radius 3 is 2.38 bits per heavy atom. The van der Waals surface area contributed by atoms with E-state index in [-0.39, 0.29) is 11.1 Å². The number of aryl methyl sites for hydroxylation is 1. The highest BCUT2D eigenvalue weighted by Crippen LogP contribution is 2.33. The van der Waals surface area contributed by atoms with Crippen molar-refractivity contribution in [3.05, 3.63) is 34.9 Å². The highest BCUT2D eigenvalue weighted by molar-refractivity contribution is 5.75. The smallest absolute Gasteiger partial charge is 0.416 e. The summed E-state index contributed by atoms with van der Waals surface area (Å²) in [7, 11) is 0. The molecular formula is C11H11F3O2. The van der Waals surface area contributed by atoms with Crippen LogP contribution < -0.4 is 0 Å². The third-order valence-electron chi connectivity index (χ3n) is 2.44. The third kappa shape index (κ3) is 2.53. The van der Waals surface area contributed by atoms with E-state index in [2.05, 4.69) is 0 Å². The molecule has 1 aromatic rings. The van der Waals surface area contributed by atoms with E-state index in [1.54, 1.807) is 0 Å². The molecular weight excluding hydrogens is 221 g/mol. The van der Waals surface area contributed by atoms with Gasteiger partial charge in [-0.3, -0.25) is 4.79 Å². The standard InChI is InChI=1S/C11H11F3O2/c1-6-3-4-8(7(2)10(15)16)5-9(6)11(12,13)14/h3-5,7H,1-2H3,(H,15,16). The van der Waals surface area contributed by atoms with Crippen LogP contribution in [0.1, 0.15) is 29.5 Å². The van der Waals surface area contributed by atoms with Crippen molar-refractivity contribution in [3.8, 4) is 0 Å². The van der Waals surface area contributed by atoms with Crippen molar-refractivity contribution in [2.24, 2.45) is 0 Å². The lowest BCUT2D eigenvalue weighted by Crippen LogP contribution is -2.12. The maximum atomic E-state index is 12.5. The van der Waals surface area contributed by atoms with E-state index in [0.717, 1.165) is 6.07 Å². The van der Waals surface area contributed by atoms with Crippen molar-refractivity contribution >= 4 is 5.97 Å². The van der Waals surface area contributed by atoms with E-state index in [9.17, 15) is 18.0 Å². The third-order valence-corrected chi connectivity index (χ3v) is 2.44. The van der Waals surface area contributed by atoms with Crippen LogP contribution in [0.5, 0.6) is 0 Å². The number of alkyl halides is 3. The van der Waals surface area contributed by atoms with Gasteiger partial charge in [-0.25, -0.2) is 0 Å². The van der Waals surface area contributed by atoms with Gasteiger partial charge >= 0.3 is 12.1 Å². The molecule has 0 aliphatic carbocycles. The molecule has 0 saturated carbocycles. The molecule has 0 radical (unpaired) electrons. The lowest BCUT2D eigenvalue weighted by molar-refractivity contribution is -0.140. The molecule has 1 aromatic carbocycles. The van der Waals surface area contributed by atoms with Gasteiger partial charge in [0.25, 0.3) is 0 Å². The Kier molecular flexibility index (Phi) is 3.26. The van der Waals surface area contributed by atoms with E-state index in [4.69, 9.17) is 5.11 Å². The molecule has 2 nitrogen and oxygen atoms in total. The largest absolute Gasteiger partial charge is 0.481 e. The molecule has 1 unspecified atom stereocenters. The molecule has 5 heteroatoms. The first-order chi connectivity index (χ1) is 7.23. The summed E-state index contributed by atoms with van der Waals surface area (Å²) in [6.07, 6.45) is -4.45. The van der Waals surface area contributed by atoms with Gasteiger partial charge in [0, 0.05) is 0 Å². The van der Waals surface area contributed by atoms with Crippen molar-refractivity contribution < 1.29 is 23.1 Å². The maximum Gasteiger partial charge on any atom is 0.416 e. The number of aliphatic carboxylic acids is 1. The Bertz CT molecular complexity index is 410. The van der Waals surface area contributed by atoms with Gasteiger partial charge in [-0.1, -0.05) is 12.1 Å². The zero-order valence-electron chi connectivity index (χ0n) is 8.80. The number of carbonyl (C=O) groups is 1. The quantitative estimate of drug-likeness (QED) is 0.850. The molecule has 0 aliphatic heterocycles. The second-order valence-electron chi connectivity index (χ2n) is 3.63. The summed E-state index contributed by atoms with van der Waals surface area (Å²) in [5.74, 6) is -2.08. The van der Waals surface area contributed by atoms with Gasteiger partial charge in [-0.15, -0.1) is 0 Å². The van der Waals surface area contributed by atoms with Crippen molar-refractivity contribution in [3.63, 3.8) is 0 Å². The van der Waals surface area contributed by atoms with Gasteiger partial charge in [0.2, 0.25) is 0 Å². The molecule has 0 amide bonds. The van der Waals surface area contributed by atoms with Crippen LogP contribution in [0.4, 0.5) is 13.2 Å². The Morgan fingerprint density at radius 2 is 1.94 bits per heavy atom. The first-order valence-corrected chi connectivity index (χ1v) is 4.64. The van der Waals surface area contributed by atoms with Gasteiger partial charge in [-0.05, 0) is 31.0 Å². The van der Waals surface area contributed by atoms with E-state index in [0.29, 0.717) is 0 Å². The van der Waals surface area contributed by atoms with Crippen LogP contribution in [0.3, 0.4) is 0 Å². The van der Waals surface area contributed by atoms with Crippen LogP contribution in [-0.2, 0) is 11.0 Å². The molecule has 1 atom stereocenters. The van der Waals surface area contributed by atoms with Gasteiger partial charge in [0.15, 0.2) is 0 Å². The summed E-state index contributed by atoms with van der Waals surface area (Å²) in [6.45, 7) is 2.70. The highest BCUT2D eigenvalue weighted by Gasteiger charge is 2.33. The Labute approximate surface area is 90.7 Å². The average molecular weight is 232 g/mol. The summed E-state index contributed by atoms with van der Waals surface area (Å²) in [6, 6.07) is 3.59. The Morgan fingerprint density at radius 1 is 1.38 bits per heavy atom. The average Bonchev–Trinajstić information content (AvgIpc) is 2.15. The van der Waals surface area contributed by atoms with Crippen LogP contribution in [-0.4, -0.2) is 11.1 Å². The van der Waals surface area contributed by atoms with Gasteiger partial charge in [0.05, 0.1) is 11.5 Å². The zero-order valence-corrected chi connectivity index (χ0v) is 8.80. The molecule has 1 rings (SSSR count). The molecule has 16 heavy (non-hydrogen) atoms. The maximum absolute atomic E-state index is 12.5. The van der Waals surface area contributed by atoms with Gasteiger partial charge < -0.3 is 5.11 Å². The van der Waals surface area contributed by atoms with Crippen LogP contribution in [0.2, 0.25) is 0 Å². The van der Waals surface area contributed by atoms with Crippen molar-refractivity contribution in [1.82, 2.24) is 0 Å². The van der Waals surface area contributed by atoms with Crippen molar-refractivity contribution in [2.45, 2.75) is 25.9 Å². The number of benzene rings is 1. The molecule has 88 valence electrons. The lowest BCUT2D eigenvalue weighted by atomic mass is 9.96. The topological polar surface area (TPSA) is 37.3 Å². The van der Waals surface area contributed by atoms with Crippen molar-refractivity contribution in [2.75, 3.05) is 0 Å². The summed E-state index contributed by atoms with van der Waals surface area (Å²) in [5, 5.41) is 8.72. The van der Waals surface area contributed by atoms with Crippen LogP contribution in [0.25, 0.3) is 0 Å². The minimum atomic E-state index is -4.45. The summed E-state index contributed by atoms with van der Waals surface area (Å²) < 4.78 is 37.6. The minimum absolute atomic E-state index is 0.0915. The predicted molar refractivity (Wildman–Crippen MR) is 52.2 cm³/mol. The Balaban J connectivity index is 3.23. The molecule has 0 bridgehead atoms. The van der Waals surface area contributed by atoms with Crippen molar-refractivity contribution in [1.29, 1.82) is 0 Å². The SMILES string of the molecule is Cc1ccc(C(C)C(=O)O)cc1C(F)(F)F. The van der Waals surface area contributed by atoms with E-state index in [1.807, 2.05) is 0 Å². The first kappa shape index (κ1) is 12.5. The molecule has 1 N–H and O–H groups in total. The molecule has 0 fully saturated rings. The molecule has 0 heterocycles. The predicted octanol–water partition coefficient (Wildman–Crippen LogP) is 3.20. The fourth-order valence-corrected chi connectivity index (χ4v) is 1.36. The fourth-order valence-electron chi connectivity index (χ4n) is 1.36. The van der Waals surface area contributed by atoms with Crippen LogP contribution >= 0.6 is 0 Å². The number of carboxylic acid groups (broad SMARTS) is 1. The molecule has 0 aliphatic rings. The minimum Gasteiger partial charge on any atom is -0.481 e. The summed E-state index contributed by atoms with van der Waals surface area (Å²) >= 11 is 0.